The number of nitrogens with zero attached hydrogens (tertiary/aromatic N) is 2. The molecule has 0 aromatic heterocycles. The standard InChI is InChI=1S/C17H29N3O7/c1-11(2)18-14(21)7-19(8-15(22)23)12-5-3-4-6-13(12)20(9-16(24)25)10-17(26)27/h11-13H,3-10H2,1-2H3,(H,18,21)(H,22,23)(H,24,25)(H,26,27). The average molecular weight is 387 g/mol. The summed E-state index contributed by atoms with van der Waals surface area (Å²) in [5.74, 6) is -3.72. The largest absolute Gasteiger partial charge is 0.480 e. The number of carbonyl (C=O) groups is 4. The summed E-state index contributed by atoms with van der Waals surface area (Å²) in [4.78, 5) is 48.7. The molecule has 0 aromatic rings. The van der Waals surface area contributed by atoms with Crippen LogP contribution in [0.5, 0.6) is 0 Å². The zero-order valence-electron chi connectivity index (χ0n) is 15.8. The van der Waals surface area contributed by atoms with Crippen molar-refractivity contribution in [2.24, 2.45) is 0 Å². The van der Waals surface area contributed by atoms with Crippen molar-refractivity contribution in [3.63, 3.8) is 0 Å². The Kier molecular flexibility index (Phi) is 9.16. The van der Waals surface area contributed by atoms with Crippen molar-refractivity contribution in [1.29, 1.82) is 0 Å². The molecule has 1 saturated carbocycles. The number of rotatable bonds is 11. The summed E-state index contributed by atoms with van der Waals surface area (Å²) < 4.78 is 0. The summed E-state index contributed by atoms with van der Waals surface area (Å²) in [6.45, 7) is 2.17. The Morgan fingerprint density at radius 2 is 1.19 bits per heavy atom. The number of carboxylic acids is 3. The molecular formula is C17H29N3O7. The summed E-state index contributed by atoms with van der Waals surface area (Å²) in [5, 5.41) is 30.2. The van der Waals surface area contributed by atoms with Gasteiger partial charge < -0.3 is 20.6 Å². The molecule has 2 unspecified atom stereocenters. The number of hydrogen-bond acceptors (Lipinski definition) is 6. The summed E-state index contributed by atoms with van der Waals surface area (Å²) in [5.41, 5.74) is 0. The zero-order valence-corrected chi connectivity index (χ0v) is 15.8. The summed E-state index contributed by atoms with van der Waals surface area (Å²) in [6.07, 6.45) is 2.71. The van der Waals surface area contributed by atoms with Gasteiger partial charge in [0.15, 0.2) is 0 Å². The Balaban J connectivity index is 3.05. The van der Waals surface area contributed by atoms with Crippen LogP contribution in [0.2, 0.25) is 0 Å². The molecule has 0 aliphatic heterocycles. The van der Waals surface area contributed by atoms with E-state index in [1.54, 1.807) is 13.8 Å². The van der Waals surface area contributed by atoms with Crippen molar-refractivity contribution in [2.45, 2.75) is 57.7 Å². The molecule has 0 spiro atoms. The Hall–Kier alpha value is -2.20. The van der Waals surface area contributed by atoms with E-state index in [0.29, 0.717) is 12.8 Å². The average Bonchev–Trinajstić information content (AvgIpc) is 2.51. The first kappa shape index (κ1) is 22.8. The van der Waals surface area contributed by atoms with Gasteiger partial charge in [0.2, 0.25) is 5.91 Å². The highest BCUT2D eigenvalue weighted by atomic mass is 16.4. The van der Waals surface area contributed by atoms with Crippen LogP contribution in [0.15, 0.2) is 0 Å². The topological polar surface area (TPSA) is 147 Å². The van der Waals surface area contributed by atoms with Gasteiger partial charge in [-0.3, -0.25) is 29.0 Å². The zero-order chi connectivity index (χ0) is 20.6. The second kappa shape index (κ2) is 10.8. The number of aliphatic carboxylic acids is 3. The highest BCUT2D eigenvalue weighted by Crippen LogP contribution is 2.27. The van der Waals surface area contributed by atoms with Crippen molar-refractivity contribution in [1.82, 2.24) is 15.1 Å². The van der Waals surface area contributed by atoms with Gasteiger partial charge in [0.05, 0.1) is 26.2 Å². The number of carbonyl (C=O) groups excluding carboxylic acids is 1. The maximum Gasteiger partial charge on any atom is 0.317 e. The molecule has 0 saturated heterocycles. The van der Waals surface area contributed by atoms with Gasteiger partial charge in [-0.25, -0.2) is 0 Å². The van der Waals surface area contributed by atoms with Crippen LogP contribution in [0.4, 0.5) is 0 Å². The van der Waals surface area contributed by atoms with Crippen molar-refractivity contribution in [3.05, 3.63) is 0 Å². The molecule has 0 bridgehead atoms. The van der Waals surface area contributed by atoms with Crippen LogP contribution >= 0.6 is 0 Å². The first-order valence-electron chi connectivity index (χ1n) is 9.03. The van der Waals surface area contributed by atoms with Gasteiger partial charge in [-0.15, -0.1) is 0 Å². The smallest absolute Gasteiger partial charge is 0.317 e. The van der Waals surface area contributed by atoms with Crippen LogP contribution in [-0.2, 0) is 19.2 Å². The fraction of sp³-hybridized carbons (Fsp3) is 0.765. The van der Waals surface area contributed by atoms with E-state index in [2.05, 4.69) is 5.32 Å². The Bertz CT molecular complexity index is 537. The van der Waals surface area contributed by atoms with Gasteiger partial charge in [-0.2, -0.15) is 0 Å². The molecular weight excluding hydrogens is 358 g/mol. The molecule has 1 fully saturated rings. The molecule has 1 amide bonds. The maximum absolute atomic E-state index is 12.2. The summed E-state index contributed by atoms with van der Waals surface area (Å²) in [7, 11) is 0. The van der Waals surface area contributed by atoms with Crippen LogP contribution in [0.1, 0.15) is 39.5 Å². The minimum Gasteiger partial charge on any atom is -0.480 e. The third-order valence-electron chi connectivity index (χ3n) is 4.44. The van der Waals surface area contributed by atoms with Gasteiger partial charge in [-0.1, -0.05) is 12.8 Å². The maximum atomic E-state index is 12.2. The molecule has 154 valence electrons. The van der Waals surface area contributed by atoms with E-state index in [1.165, 1.54) is 9.80 Å². The summed E-state index contributed by atoms with van der Waals surface area (Å²) >= 11 is 0. The normalized spacial score (nSPS) is 20.0. The second-order valence-electron chi connectivity index (χ2n) is 7.13. The van der Waals surface area contributed by atoms with Gasteiger partial charge in [0.1, 0.15) is 0 Å². The summed E-state index contributed by atoms with van der Waals surface area (Å²) in [6, 6.07) is -0.953. The predicted octanol–water partition coefficient (Wildman–Crippen LogP) is -0.320. The van der Waals surface area contributed by atoms with E-state index in [-0.39, 0.29) is 25.0 Å². The number of carboxylic acid groups (broad SMARTS) is 3. The van der Waals surface area contributed by atoms with Gasteiger partial charge in [0.25, 0.3) is 0 Å². The number of nitrogens with one attached hydrogen (secondary N) is 1. The molecule has 4 N–H and O–H groups in total. The minimum atomic E-state index is -1.15. The van der Waals surface area contributed by atoms with Crippen molar-refractivity contribution in [2.75, 3.05) is 26.2 Å². The predicted molar refractivity (Wildman–Crippen MR) is 95.4 cm³/mol. The quantitative estimate of drug-likeness (QED) is 0.374. The van der Waals surface area contributed by atoms with Crippen LogP contribution in [0, 0.1) is 0 Å². The molecule has 27 heavy (non-hydrogen) atoms. The van der Waals surface area contributed by atoms with E-state index >= 15 is 0 Å². The lowest BCUT2D eigenvalue weighted by Gasteiger charge is -2.43. The molecule has 10 nitrogen and oxygen atoms in total. The van der Waals surface area contributed by atoms with E-state index in [4.69, 9.17) is 10.2 Å². The third kappa shape index (κ3) is 8.35. The van der Waals surface area contributed by atoms with Crippen LogP contribution in [-0.4, -0.2) is 93.2 Å². The molecule has 0 aromatic carbocycles. The third-order valence-corrected chi connectivity index (χ3v) is 4.44. The van der Waals surface area contributed by atoms with E-state index in [0.717, 1.165) is 12.8 Å². The number of hydrogen-bond donors (Lipinski definition) is 4. The van der Waals surface area contributed by atoms with Crippen molar-refractivity contribution in [3.8, 4) is 0 Å². The van der Waals surface area contributed by atoms with Crippen LogP contribution < -0.4 is 5.32 Å². The lowest BCUT2D eigenvalue weighted by Crippen LogP contribution is -2.58. The van der Waals surface area contributed by atoms with E-state index in [9.17, 15) is 24.3 Å². The lowest BCUT2D eigenvalue weighted by atomic mass is 9.87. The van der Waals surface area contributed by atoms with Gasteiger partial charge >= 0.3 is 17.9 Å². The van der Waals surface area contributed by atoms with Gasteiger partial charge in [-0.05, 0) is 26.7 Å². The minimum absolute atomic E-state index is 0.0955. The molecule has 2 atom stereocenters. The second-order valence-corrected chi connectivity index (χ2v) is 7.13. The Morgan fingerprint density at radius 3 is 1.52 bits per heavy atom. The molecule has 1 rings (SSSR count). The van der Waals surface area contributed by atoms with E-state index in [1.807, 2.05) is 0 Å². The van der Waals surface area contributed by atoms with E-state index < -0.39 is 43.1 Å². The molecule has 0 heterocycles. The van der Waals surface area contributed by atoms with Crippen molar-refractivity contribution < 1.29 is 34.5 Å². The molecule has 0 radical (unpaired) electrons. The lowest BCUT2D eigenvalue weighted by molar-refractivity contribution is -0.147. The Labute approximate surface area is 158 Å². The van der Waals surface area contributed by atoms with Crippen LogP contribution in [0.25, 0.3) is 0 Å². The molecule has 1 aliphatic carbocycles. The molecule has 10 heteroatoms. The highest BCUT2D eigenvalue weighted by molar-refractivity contribution is 5.79. The monoisotopic (exact) mass is 387 g/mol. The molecule has 1 aliphatic rings. The fourth-order valence-electron chi connectivity index (χ4n) is 3.60. The van der Waals surface area contributed by atoms with Gasteiger partial charge in [0, 0.05) is 18.1 Å². The fourth-order valence-corrected chi connectivity index (χ4v) is 3.60. The SMILES string of the molecule is CC(C)NC(=O)CN(CC(=O)O)C1CCCCC1N(CC(=O)O)CC(=O)O. The number of amides is 1. The first-order valence-corrected chi connectivity index (χ1v) is 9.03. The Morgan fingerprint density at radius 1 is 0.815 bits per heavy atom. The highest BCUT2D eigenvalue weighted by Gasteiger charge is 2.37. The van der Waals surface area contributed by atoms with Crippen molar-refractivity contribution >= 4 is 23.8 Å². The first-order chi connectivity index (χ1) is 12.6. The van der Waals surface area contributed by atoms with Crippen LogP contribution in [0.3, 0.4) is 0 Å².